The minimum absolute atomic E-state index is 0.0676. The van der Waals surface area contributed by atoms with Gasteiger partial charge in [-0.1, -0.05) is 83.9 Å². The van der Waals surface area contributed by atoms with Gasteiger partial charge < -0.3 is 10.1 Å². The molecule has 0 radical (unpaired) electrons. The number of ether oxygens (including phenoxy) is 1. The van der Waals surface area contributed by atoms with Crippen molar-refractivity contribution in [2.45, 2.75) is 6.61 Å². The highest BCUT2D eigenvalue weighted by Crippen LogP contribution is 2.35. The third-order valence-corrected chi connectivity index (χ3v) is 5.78. The van der Waals surface area contributed by atoms with Gasteiger partial charge in [-0.15, -0.1) is 0 Å². The van der Waals surface area contributed by atoms with Gasteiger partial charge in [0.25, 0.3) is 5.91 Å². The lowest BCUT2D eigenvalue weighted by molar-refractivity contribution is 0.0959. The van der Waals surface area contributed by atoms with Crippen LogP contribution in [0.5, 0.6) is 5.75 Å². The molecule has 0 saturated carbocycles. The van der Waals surface area contributed by atoms with E-state index in [1.165, 1.54) is 12.1 Å². The molecule has 182 valence electrons. The van der Waals surface area contributed by atoms with Crippen molar-refractivity contribution in [3.8, 4) is 16.9 Å². The Morgan fingerprint density at radius 2 is 1.47 bits per heavy atom. The molecular formula is C27H18Cl2F2N2O3. The van der Waals surface area contributed by atoms with Crippen molar-refractivity contribution in [2.24, 2.45) is 0 Å². The Labute approximate surface area is 215 Å². The summed E-state index contributed by atoms with van der Waals surface area (Å²) in [5.41, 5.74) is 2.16. The number of carbonyl (C=O) groups excluding carboxylic acids is 2. The number of nitrogens with one attached hydrogen (secondary N) is 2. The van der Waals surface area contributed by atoms with Crippen molar-refractivity contribution in [1.82, 2.24) is 5.32 Å². The monoisotopic (exact) mass is 526 g/mol. The summed E-state index contributed by atoms with van der Waals surface area (Å²) in [6, 6.07) is 22.2. The first-order chi connectivity index (χ1) is 17.3. The number of benzene rings is 4. The van der Waals surface area contributed by atoms with Crippen LogP contribution in [0.3, 0.4) is 0 Å². The summed E-state index contributed by atoms with van der Waals surface area (Å²) >= 11 is 12.6. The lowest BCUT2D eigenvalue weighted by Gasteiger charge is -2.14. The fraction of sp³-hybridized carbons (Fsp3) is 0.0370. The summed E-state index contributed by atoms with van der Waals surface area (Å²) in [5.74, 6) is -3.17. The van der Waals surface area contributed by atoms with E-state index < -0.39 is 29.1 Å². The fourth-order valence-corrected chi connectivity index (χ4v) is 3.89. The minimum atomic E-state index is -1.25. The van der Waals surface area contributed by atoms with E-state index in [2.05, 4.69) is 5.32 Å². The van der Waals surface area contributed by atoms with Crippen molar-refractivity contribution in [2.75, 3.05) is 5.32 Å². The molecule has 3 amide bonds. The zero-order chi connectivity index (χ0) is 25.7. The SMILES string of the molecule is O=C(NC(=O)c1c(F)cccc1F)Nc1cc(Cl)c(OCc2ccccc2-c2ccccc2)cc1Cl. The molecule has 0 aliphatic rings. The first kappa shape index (κ1) is 25.2. The molecule has 4 aromatic rings. The van der Waals surface area contributed by atoms with Crippen LogP contribution in [0.1, 0.15) is 15.9 Å². The molecule has 0 unspecified atom stereocenters. The maximum Gasteiger partial charge on any atom is 0.326 e. The van der Waals surface area contributed by atoms with Crippen molar-refractivity contribution < 1.29 is 23.1 Å². The van der Waals surface area contributed by atoms with Gasteiger partial charge in [-0.3, -0.25) is 10.1 Å². The first-order valence-corrected chi connectivity index (χ1v) is 11.4. The second-order valence-corrected chi connectivity index (χ2v) is 8.39. The zero-order valence-corrected chi connectivity index (χ0v) is 20.0. The normalized spacial score (nSPS) is 10.6. The maximum absolute atomic E-state index is 13.8. The van der Waals surface area contributed by atoms with Gasteiger partial charge in [0, 0.05) is 6.07 Å². The average molecular weight is 527 g/mol. The molecule has 0 bridgehead atoms. The second kappa shape index (κ2) is 11.2. The number of anilines is 1. The van der Waals surface area contributed by atoms with Crippen LogP contribution in [-0.2, 0) is 6.61 Å². The van der Waals surface area contributed by atoms with E-state index in [-0.39, 0.29) is 28.1 Å². The Hall–Kier alpha value is -3.94. The molecule has 36 heavy (non-hydrogen) atoms. The molecule has 4 rings (SSSR count). The van der Waals surface area contributed by atoms with Gasteiger partial charge >= 0.3 is 6.03 Å². The summed E-state index contributed by atoms with van der Waals surface area (Å²) in [5, 5.41) is 4.41. The Morgan fingerprint density at radius 1 is 0.806 bits per heavy atom. The van der Waals surface area contributed by atoms with Gasteiger partial charge in [0.15, 0.2) is 0 Å². The van der Waals surface area contributed by atoms with Crippen molar-refractivity contribution in [1.29, 1.82) is 0 Å². The van der Waals surface area contributed by atoms with Gasteiger partial charge in [0.05, 0.1) is 15.7 Å². The third-order valence-electron chi connectivity index (χ3n) is 5.17. The second-order valence-electron chi connectivity index (χ2n) is 7.58. The number of hydrogen-bond acceptors (Lipinski definition) is 3. The highest BCUT2D eigenvalue weighted by atomic mass is 35.5. The predicted molar refractivity (Wildman–Crippen MR) is 136 cm³/mol. The molecule has 0 spiro atoms. The Kier molecular flexibility index (Phi) is 7.83. The number of halogens is 4. The third kappa shape index (κ3) is 5.82. The summed E-state index contributed by atoms with van der Waals surface area (Å²) < 4.78 is 33.4. The average Bonchev–Trinajstić information content (AvgIpc) is 2.86. The minimum Gasteiger partial charge on any atom is -0.487 e. The molecule has 5 nitrogen and oxygen atoms in total. The lowest BCUT2D eigenvalue weighted by atomic mass is 10.0. The highest BCUT2D eigenvalue weighted by Gasteiger charge is 2.20. The largest absolute Gasteiger partial charge is 0.487 e. The highest BCUT2D eigenvalue weighted by molar-refractivity contribution is 6.36. The van der Waals surface area contributed by atoms with Gasteiger partial charge in [0.2, 0.25) is 0 Å². The zero-order valence-electron chi connectivity index (χ0n) is 18.5. The number of imide groups is 1. The summed E-state index contributed by atoms with van der Waals surface area (Å²) in [7, 11) is 0. The number of urea groups is 1. The van der Waals surface area contributed by atoms with Gasteiger partial charge in [-0.05, 0) is 34.9 Å². The molecule has 0 atom stereocenters. The van der Waals surface area contributed by atoms with Gasteiger partial charge in [0.1, 0.15) is 29.6 Å². The van der Waals surface area contributed by atoms with Gasteiger partial charge in [-0.25, -0.2) is 13.6 Å². The molecular weight excluding hydrogens is 509 g/mol. The smallest absolute Gasteiger partial charge is 0.326 e. The number of rotatable bonds is 6. The quantitative estimate of drug-likeness (QED) is 0.273. The van der Waals surface area contributed by atoms with Crippen LogP contribution in [0.15, 0.2) is 84.9 Å². The molecule has 0 fully saturated rings. The van der Waals surface area contributed by atoms with Crippen molar-refractivity contribution in [3.63, 3.8) is 0 Å². The standard InChI is InChI=1S/C27H18Cl2F2N2O3/c28-19-14-24(36-15-17-9-4-5-10-18(17)16-7-2-1-3-8-16)20(29)13-23(19)32-27(35)33-26(34)25-21(30)11-6-12-22(25)31/h1-14H,15H2,(H2,32,33,34,35). The summed E-state index contributed by atoms with van der Waals surface area (Å²) in [6.45, 7) is 0.205. The van der Waals surface area contributed by atoms with E-state index in [0.717, 1.165) is 34.9 Å². The van der Waals surface area contributed by atoms with Crippen LogP contribution < -0.4 is 15.4 Å². The molecule has 0 aliphatic carbocycles. The van der Waals surface area contributed by atoms with E-state index in [4.69, 9.17) is 27.9 Å². The Morgan fingerprint density at radius 3 is 2.19 bits per heavy atom. The number of hydrogen-bond donors (Lipinski definition) is 2. The Bertz CT molecular complexity index is 1410. The van der Waals surface area contributed by atoms with Crippen LogP contribution >= 0.6 is 23.2 Å². The molecule has 2 N–H and O–H groups in total. The first-order valence-electron chi connectivity index (χ1n) is 10.6. The van der Waals surface area contributed by atoms with Crippen molar-refractivity contribution >= 4 is 40.8 Å². The lowest BCUT2D eigenvalue weighted by Crippen LogP contribution is -2.35. The van der Waals surface area contributed by atoms with Crippen LogP contribution in [0.4, 0.5) is 19.3 Å². The predicted octanol–water partition coefficient (Wildman–Crippen LogP) is 7.48. The summed E-state index contributed by atoms with van der Waals surface area (Å²) in [4.78, 5) is 24.3. The number of carbonyl (C=O) groups is 2. The molecule has 0 aliphatic heterocycles. The van der Waals surface area contributed by atoms with Crippen LogP contribution in [-0.4, -0.2) is 11.9 Å². The maximum atomic E-state index is 13.8. The van der Waals surface area contributed by atoms with Gasteiger partial charge in [-0.2, -0.15) is 0 Å². The Balaban J connectivity index is 1.45. The van der Waals surface area contributed by atoms with E-state index >= 15 is 0 Å². The molecule has 4 aromatic carbocycles. The van der Waals surface area contributed by atoms with Crippen molar-refractivity contribution in [3.05, 3.63) is 118 Å². The molecule has 0 heterocycles. The van der Waals surface area contributed by atoms with Crippen LogP contribution in [0.2, 0.25) is 10.0 Å². The molecule has 9 heteroatoms. The van der Waals surface area contributed by atoms with E-state index in [9.17, 15) is 18.4 Å². The van der Waals surface area contributed by atoms with Crippen LogP contribution in [0.25, 0.3) is 11.1 Å². The number of amides is 3. The van der Waals surface area contributed by atoms with E-state index in [0.29, 0.717) is 0 Å². The van der Waals surface area contributed by atoms with E-state index in [1.807, 2.05) is 59.9 Å². The van der Waals surface area contributed by atoms with E-state index in [1.54, 1.807) is 0 Å². The molecule has 0 saturated heterocycles. The topological polar surface area (TPSA) is 67.4 Å². The molecule has 0 aromatic heterocycles. The van der Waals surface area contributed by atoms with Crippen LogP contribution in [0, 0.1) is 11.6 Å². The fourth-order valence-electron chi connectivity index (χ4n) is 3.47. The summed E-state index contributed by atoms with van der Waals surface area (Å²) in [6.07, 6.45) is 0.